The molecule has 0 aromatic carbocycles. The van der Waals surface area contributed by atoms with Crippen LogP contribution in [0.15, 0.2) is 24.0 Å². The van der Waals surface area contributed by atoms with Crippen molar-refractivity contribution >= 4 is 34.1 Å². The molecule has 4 heterocycles. The normalized spacial score (nSPS) is 19.9. The number of nitrogen functional groups attached to an aromatic ring is 1. The van der Waals surface area contributed by atoms with E-state index >= 15 is 0 Å². The maximum absolute atomic E-state index is 11.9. The lowest BCUT2D eigenvalue weighted by atomic mass is 10.2. The van der Waals surface area contributed by atoms with E-state index in [0.29, 0.717) is 17.0 Å². The molecule has 1 fully saturated rings. The number of amides is 1. The molecule has 0 bridgehead atoms. The van der Waals surface area contributed by atoms with Crippen LogP contribution in [0.3, 0.4) is 0 Å². The van der Waals surface area contributed by atoms with Crippen molar-refractivity contribution in [3.8, 4) is 10.4 Å². The van der Waals surface area contributed by atoms with E-state index in [4.69, 9.17) is 10.5 Å². The van der Waals surface area contributed by atoms with E-state index in [1.54, 1.807) is 7.05 Å². The van der Waals surface area contributed by atoms with Crippen molar-refractivity contribution in [2.75, 3.05) is 19.4 Å². The minimum Gasteiger partial charge on any atom is -0.394 e. The molecule has 136 valence electrons. The summed E-state index contributed by atoms with van der Waals surface area (Å²) in [6.07, 6.45) is 4.57. The summed E-state index contributed by atoms with van der Waals surface area (Å²) in [6.45, 7) is 0.0000945. The summed E-state index contributed by atoms with van der Waals surface area (Å²) in [5.74, 6) is 0.251. The van der Waals surface area contributed by atoms with Crippen molar-refractivity contribution in [1.29, 1.82) is 0 Å². The predicted molar refractivity (Wildman–Crippen MR) is 98.9 cm³/mol. The van der Waals surface area contributed by atoms with Gasteiger partial charge in [-0.25, -0.2) is 9.97 Å². The Kier molecular flexibility index (Phi) is 4.35. The first-order chi connectivity index (χ1) is 12.6. The molecule has 0 spiro atoms. The first kappa shape index (κ1) is 17.0. The number of anilines is 1. The molecular formula is C17H19N5O3S. The molecular weight excluding hydrogens is 354 g/mol. The number of fused-ring (bicyclic) bond motifs is 1. The monoisotopic (exact) mass is 373 g/mol. The van der Waals surface area contributed by atoms with Crippen molar-refractivity contribution < 1.29 is 14.6 Å². The number of hydrogen-bond acceptors (Lipinski definition) is 7. The fraction of sp³-hybridized carbons (Fsp3) is 0.353. The number of carbonyl (C=O) groups excluding carboxylic acids is 1. The third-order valence-corrected chi connectivity index (χ3v) is 5.56. The third kappa shape index (κ3) is 2.74. The maximum atomic E-state index is 11.9. The molecule has 1 aliphatic heterocycles. The van der Waals surface area contributed by atoms with Gasteiger partial charge in [-0.3, -0.25) is 4.79 Å². The quantitative estimate of drug-likeness (QED) is 0.642. The zero-order valence-corrected chi connectivity index (χ0v) is 15.0. The molecule has 1 saturated heterocycles. The lowest BCUT2D eigenvalue weighted by Crippen LogP contribution is -2.16. The molecule has 0 aliphatic carbocycles. The topological polar surface area (TPSA) is 115 Å². The van der Waals surface area contributed by atoms with Gasteiger partial charge in [-0.2, -0.15) is 0 Å². The van der Waals surface area contributed by atoms with Gasteiger partial charge in [-0.05, 0) is 18.9 Å². The van der Waals surface area contributed by atoms with Crippen molar-refractivity contribution in [2.24, 2.45) is 0 Å². The minimum absolute atomic E-state index is 0.0000945. The SMILES string of the molecule is CNC(=O)c1csc(-c2cn(C3CCC(CO)O3)c3ncnc(N)c23)c1. The Balaban J connectivity index is 1.83. The van der Waals surface area contributed by atoms with Crippen molar-refractivity contribution in [3.05, 3.63) is 29.5 Å². The summed E-state index contributed by atoms with van der Waals surface area (Å²) in [5, 5.41) is 14.5. The maximum Gasteiger partial charge on any atom is 0.251 e. The Hall–Kier alpha value is -2.49. The van der Waals surface area contributed by atoms with Crippen molar-refractivity contribution in [3.63, 3.8) is 0 Å². The Morgan fingerprint density at radius 2 is 2.35 bits per heavy atom. The number of nitrogens with one attached hydrogen (secondary N) is 1. The van der Waals surface area contributed by atoms with Crippen LogP contribution >= 0.6 is 11.3 Å². The lowest BCUT2D eigenvalue weighted by molar-refractivity contribution is -0.0204. The van der Waals surface area contributed by atoms with Gasteiger partial charge in [0.05, 0.1) is 23.7 Å². The highest BCUT2D eigenvalue weighted by atomic mass is 32.1. The molecule has 4 rings (SSSR count). The second-order valence-electron chi connectivity index (χ2n) is 6.16. The van der Waals surface area contributed by atoms with Gasteiger partial charge in [0.25, 0.3) is 5.91 Å². The fourth-order valence-corrected chi connectivity index (χ4v) is 4.19. The summed E-state index contributed by atoms with van der Waals surface area (Å²) < 4.78 is 7.85. The van der Waals surface area contributed by atoms with E-state index in [1.807, 2.05) is 22.2 Å². The molecule has 4 N–H and O–H groups in total. The summed E-state index contributed by atoms with van der Waals surface area (Å²) in [4.78, 5) is 21.3. The number of hydrogen-bond donors (Lipinski definition) is 3. The van der Waals surface area contributed by atoms with Gasteiger partial charge in [-0.1, -0.05) is 0 Å². The van der Waals surface area contributed by atoms with E-state index in [0.717, 1.165) is 28.7 Å². The van der Waals surface area contributed by atoms with Crippen LogP contribution in [-0.4, -0.2) is 45.3 Å². The number of aromatic nitrogens is 3. The highest BCUT2D eigenvalue weighted by Gasteiger charge is 2.29. The number of nitrogens with two attached hydrogens (primary N) is 1. The molecule has 1 amide bonds. The number of rotatable bonds is 4. The van der Waals surface area contributed by atoms with Gasteiger partial charge < -0.3 is 25.5 Å². The number of thiophene rings is 1. The number of nitrogens with zero attached hydrogens (tertiary/aromatic N) is 3. The van der Waals surface area contributed by atoms with E-state index in [-0.39, 0.29) is 24.8 Å². The summed E-state index contributed by atoms with van der Waals surface area (Å²) in [5.41, 5.74) is 8.29. The van der Waals surface area contributed by atoms with Crippen LogP contribution in [0.25, 0.3) is 21.5 Å². The second kappa shape index (κ2) is 6.67. The Morgan fingerprint density at radius 1 is 1.50 bits per heavy atom. The van der Waals surface area contributed by atoms with Crippen LogP contribution in [0.5, 0.6) is 0 Å². The van der Waals surface area contributed by atoms with Crippen LogP contribution in [-0.2, 0) is 4.74 Å². The largest absolute Gasteiger partial charge is 0.394 e. The molecule has 3 aromatic rings. The van der Waals surface area contributed by atoms with Gasteiger partial charge in [0, 0.05) is 29.1 Å². The molecule has 26 heavy (non-hydrogen) atoms. The molecule has 0 radical (unpaired) electrons. The molecule has 9 heteroatoms. The smallest absolute Gasteiger partial charge is 0.251 e. The average molecular weight is 373 g/mol. The number of carbonyl (C=O) groups is 1. The highest BCUT2D eigenvalue weighted by molar-refractivity contribution is 7.14. The van der Waals surface area contributed by atoms with E-state index in [2.05, 4.69) is 15.3 Å². The Labute approximate surface area is 153 Å². The predicted octanol–water partition coefficient (Wildman–Crippen LogP) is 1.77. The van der Waals surface area contributed by atoms with Gasteiger partial charge in [0.1, 0.15) is 24.0 Å². The van der Waals surface area contributed by atoms with E-state index in [1.165, 1.54) is 17.7 Å². The first-order valence-corrected chi connectivity index (χ1v) is 9.18. The summed E-state index contributed by atoms with van der Waals surface area (Å²) in [7, 11) is 1.60. The molecule has 0 saturated carbocycles. The van der Waals surface area contributed by atoms with Gasteiger partial charge in [0.2, 0.25) is 0 Å². The molecule has 3 aromatic heterocycles. The van der Waals surface area contributed by atoms with Crippen LogP contribution in [0.2, 0.25) is 0 Å². The van der Waals surface area contributed by atoms with Gasteiger partial charge >= 0.3 is 0 Å². The van der Waals surface area contributed by atoms with Crippen molar-refractivity contribution in [1.82, 2.24) is 19.9 Å². The van der Waals surface area contributed by atoms with Crippen LogP contribution in [0.1, 0.15) is 29.4 Å². The standard InChI is InChI=1S/C17H19N5O3S/c1-19-17(24)9-4-12(26-7-9)11-5-22(13-3-2-10(6-23)25-13)16-14(11)15(18)20-8-21-16/h4-5,7-8,10,13,23H,2-3,6H2,1H3,(H,19,24)(H2,18,20,21). The van der Waals surface area contributed by atoms with Gasteiger partial charge in [0.15, 0.2) is 0 Å². The highest BCUT2D eigenvalue weighted by Crippen LogP contribution is 2.39. The van der Waals surface area contributed by atoms with Crippen LogP contribution in [0, 0.1) is 0 Å². The van der Waals surface area contributed by atoms with E-state index < -0.39 is 0 Å². The van der Waals surface area contributed by atoms with E-state index in [9.17, 15) is 9.90 Å². The summed E-state index contributed by atoms with van der Waals surface area (Å²) in [6, 6.07) is 1.83. The average Bonchev–Trinajstić information content (AvgIpc) is 3.38. The van der Waals surface area contributed by atoms with Crippen LogP contribution < -0.4 is 11.1 Å². The number of aliphatic hydroxyl groups is 1. The van der Waals surface area contributed by atoms with Crippen LogP contribution in [0.4, 0.5) is 5.82 Å². The molecule has 2 atom stereocenters. The number of ether oxygens (including phenoxy) is 1. The lowest BCUT2D eigenvalue weighted by Gasteiger charge is -2.14. The first-order valence-electron chi connectivity index (χ1n) is 8.30. The zero-order valence-electron chi connectivity index (χ0n) is 14.2. The van der Waals surface area contributed by atoms with Crippen molar-refractivity contribution in [2.45, 2.75) is 25.2 Å². The zero-order chi connectivity index (χ0) is 18.3. The molecule has 1 aliphatic rings. The second-order valence-corrected chi connectivity index (χ2v) is 7.07. The third-order valence-electron chi connectivity index (χ3n) is 4.59. The minimum atomic E-state index is -0.212. The number of aliphatic hydroxyl groups excluding tert-OH is 1. The Morgan fingerprint density at radius 3 is 3.08 bits per heavy atom. The fourth-order valence-electron chi connectivity index (χ4n) is 3.28. The molecule has 2 unspecified atom stereocenters. The Bertz CT molecular complexity index is 967. The van der Waals surface area contributed by atoms with Gasteiger partial charge in [-0.15, -0.1) is 11.3 Å². The summed E-state index contributed by atoms with van der Waals surface area (Å²) >= 11 is 1.46. The molecule has 8 nitrogen and oxygen atoms in total.